The summed E-state index contributed by atoms with van der Waals surface area (Å²) in [4.78, 5) is 2.52. The van der Waals surface area contributed by atoms with Gasteiger partial charge in [-0.05, 0) is 99.6 Å². The largest absolute Gasteiger partial charge is 0.457 e. The summed E-state index contributed by atoms with van der Waals surface area (Å²) in [5.41, 5.74) is 16.7. The lowest BCUT2D eigenvalue weighted by atomic mass is 9.66. The predicted molar refractivity (Wildman–Crippen MR) is 269 cm³/mol. The molecule has 10 aromatic carbocycles. The zero-order chi connectivity index (χ0) is 43.1. The molecule has 0 bridgehead atoms. The number of fused-ring (bicyclic) bond motifs is 21. The third kappa shape index (κ3) is 4.51. The molecule has 2 spiro atoms. The first-order valence-corrected chi connectivity index (χ1v) is 23.5. The van der Waals surface area contributed by atoms with Gasteiger partial charge in [0.15, 0.2) is 0 Å². The van der Waals surface area contributed by atoms with Gasteiger partial charge in [-0.15, -0.1) is 11.3 Å². The fourth-order valence-electron chi connectivity index (χ4n) is 12.3. The van der Waals surface area contributed by atoms with Crippen LogP contribution in [0.4, 0.5) is 17.1 Å². The van der Waals surface area contributed by atoms with Crippen LogP contribution in [0.1, 0.15) is 44.5 Å². The van der Waals surface area contributed by atoms with E-state index in [2.05, 4.69) is 229 Å². The molecule has 3 heterocycles. The van der Waals surface area contributed by atoms with E-state index in [4.69, 9.17) is 9.47 Å². The van der Waals surface area contributed by atoms with Crippen LogP contribution in [-0.2, 0) is 10.8 Å². The number of hydrogen-bond donors (Lipinski definition) is 0. The van der Waals surface area contributed by atoms with Crippen molar-refractivity contribution in [2.24, 2.45) is 0 Å². The van der Waals surface area contributed by atoms with E-state index in [1.54, 1.807) is 0 Å². The van der Waals surface area contributed by atoms with Gasteiger partial charge in [-0.2, -0.15) is 0 Å². The predicted octanol–water partition coefficient (Wildman–Crippen LogP) is 16.5. The lowest BCUT2D eigenvalue weighted by molar-refractivity contribution is 0.436. The third-order valence-electron chi connectivity index (χ3n) is 14.8. The maximum absolute atomic E-state index is 6.72. The van der Waals surface area contributed by atoms with Crippen molar-refractivity contribution in [2.75, 3.05) is 4.90 Å². The van der Waals surface area contributed by atoms with E-state index in [1.807, 2.05) is 11.3 Å². The van der Waals surface area contributed by atoms with Crippen molar-refractivity contribution in [1.82, 2.24) is 0 Å². The minimum absolute atomic E-state index is 0.556. The van der Waals surface area contributed by atoms with Gasteiger partial charge in [0.25, 0.3) is 0 Å². The fraction of sp³-hybridized carbons (Fsp3) is 0.0323. The summed E-state index contributed by atoms with van der Waals surface area (Å²) < 4.78 is 16.0. The van der Waals surface area contributed by atoms with Crippen molar-refractivity contribution < 1.29 is 9.47 Å². The van der Waals surface area contributed by atoms with Crippen LogP contribution in [0.5, 0.6) is 23.0 Å². The van der Waals surface area contributed by atoms with E-state index in [9.17, 15) is 0 Å². The van der Waals surface area contributed by atoms with Gasteiger partial charge < -0.3 is 14.4 Å². The number of thiophene rings is 1. The number of hydrogen-bond acceptors (Lipinski definition) is 4. The Labute approximate surface area is 386 Å². The van der Waals surface area contributed by atoms with E-state index in [0.717, 1.165) is 62.3 Å². The van der Waals surface area contributed by atoms with Crippen LogP contribution in [0, 0.1) is 0 Å². The summed E-state index contributed by atoms with van der Waals surface area (Å²) in [6.45, 7) is 0. The van der Waals surface area contributed by atoms with Crippen LogP contribution in [0.15, 0.2) is 224 Å². The second-order valence-corrected chi connectivity index (χ2v) is 18.9. The zero-order valence-electron chi connectivity index (χ0n) is 35.5. The second-order valence-electron chi connectivity index (χ2n) is 17.8. The summed E-state index contributed by atoms with van der Waals surface area (Å²) in [6, 6.07) is 82.5. The molecule has 11 aromatic rings. The summed E-state index contributed by atoms with van der Waals surface area (Å²) in [5.74, 6) is 3.56. The van der Waals surface area contributed by atoms with Crippen molar-refractivity contribution in [1.29, 1.82) is 0 Å². The van der Waals surface area contributed by atoms with E-state index in [0.29, 0.717) is 0 Å². The molecule has 0 N–H and O–H groups in total. The van der Waals surface area contributed by atoms with Gasteiger partial charge in [0.1, 0.15) is 23.0 Å². The second kappa shape index (κ2) is 13.2. The van der Waals surface area contributed by atoms with Gasteiger partial charge in [0.05, 0.1) is 16.5 Å². The topological polar surface area (TPSA) is 21.7 Å². The number of nitrogens with zero attached hydrogens (tertiary/aromatic N) is 1. The molecule has 1 aromatic heterocycles. The number of rotatable bonds is 3. The first-order valence-electron chi connectivity index (χ1n) is 22.7. The summed E-state index contributed by atoms with van der Waals surface area (Å²) in [6.07, 6.45) is 0. The van der Waals surface area contributed by atoms with E-state index in [-0.39, 0.29) is 0 Å². The lowest BCUT2D eigenvalue weighted by Gasteiger charge is -2.39. The summed E-state index contributed by atoms with van der Waals surface area (Å²) in [5, 5.41) is 2.57. The van der Waals surface area contributed by atoms with Crippen molar-refractivity contribution in [3.05, 3.63) is 269 Å². The first kappa shape index (κ1) is 36.2. The molecule has 0 fully saturated rings. The van der Waals surface area contributed by atoms with E-state index < -0.39 is 10.8 Å². The van der Waals surface area contributed by atoms with Gasteiger partial charge >= 0.3 is 0 Å². The quantitative estimate of drug-likeness (QED) is 0.177. The normalized spacial score (nSPS) is 14.5. The standard InChI is InChI=1S/C62H37NO2S/c1-4-19-45-40(16-1)44-36-38(33-35-47(44)61(45)48-21-6-10-27-54(48)64-55-28-11-7-22-49(55)61)63(39-32-34-42-41-17-3-14-31-58(41)66-59(42)37-39)53-26-15-25-52-60(53)43-18-2-5-20-46(43)62(52)50-23-8-12-29-56(50)65-57-30-13-9-24-51(57)62/h1-37H. The van der Waals surface area contributed by atoms with Crippen LogP contribution < -0.4 is 14.4 Å². The Morgan fingerprint density at radius 1 is 0.318 bits per heavy atom. The van der Waals surface area contributed by atoms with Gasteiger partial charge in [-0.1, -0.05) is 164 Å². The molecule has 4 aliphatic rings. The molecule has 0 saturated heterocycles. The Morgan fingerprint density at radius 3 is 1.42 bits per heavy atom. The highest BCUT2D eigenvalue weighted by molar-refractivity contribution is 7.25. The van der Waals surface area contributed by atoms with E-state index >= 15 is 0 Å². The molecular formula is C62H37NO2S. The smallest absolute Gasteiger partial charge is 0.132 e. The van der Waals surface area contributed by atoms with Crippen LogP contribution in [0.25, 0.3) is 42.4 Å². The Kier molecular flexibility index (Phi) is 7.24. The van der Waals surface area contributed by atoms with Crippen LogP contribution >= 0.6 is 11.3 Å². The van der Waals surface area contributed by atoms with Gasteiger partial charge in [0.2, 0.25) is 0 Å². The molecule has 0 radical (unpaired) electrons. The number of para-hydroxylation sites is 4. The summed E-state index contributed by atoms with van der Waals surface area (Å²) in [7, 11) is 0. The molecule has 15 rings (SSSR count). The molecule has 66 heavy (non-hydrogen) atoms. The van der Waals surface area contributed by atoms with Crippen LogP contribution in [0.3, 0.4) is 0 Å². The van der Waals surface area contributed by atoms with Gasteiger partial charge in [-0.25, -0.2) is 0 Å². The van der Waals surface area contributed by atoms with Crippen LogP contribution in [-0.4, -0.2) is 0 Å². The maximum Gasteiger partial charge on any atom is 0.132 e. The summed E-state index contributed by atoms with van der Waals surface area (Å²) >= 11 is 1.86. The average Bonchev–Trinajstić information content (AvgIpc) is 3.99. The minimum Gasteiger partial charge on any atom is -0.457 e. The molecular weight excluding hydrogens is 823 g/mol. The monoisotopic (exact) mass is 859 g/mol. The Morgan fingerprint density at radius 2 is 0.773 bits per heavy atom. The Hall–Kier alpha value is -8.18. The molecule has 0 saturated carbocycles. The third-order valence-corrected chi connectivity index (χ3v) is 15.9. The number of anilines is 3. The lowest BCUT2D eigenvalue weighted by Crippen LogP contribution is -2.32. The Balaban J connectivity index is 1.03. The van der Waals surface area contributed by atoms with E-state index in [1.165, 1.54) is 64.7 Å². The highest BCUT2D eigenvalue weighted by atomic mass is 32.1. The van der Waals surface area contributed by atoms with Gasteiger partial charge in [-0.3, -0.25) is 0 Å². The van der Waals surface area contributed by atoms with Crippen molar-refractivity contribution in [2.45, 2.75) is 10.8 Å². The molecule has 0 atom stereocenters. The van der Waals surface area contributed by atoms with Crippen LogP contribution in [0.2, 0.25) is 0 Å². The zero-order valence-corrected chi connectivity index (χ0v) is 36.4. The van der Waals surface area contributed by atoms with Crippen molar-refractivity contribution in [3.8, 4) is 45.3 Å². The molecule has 3 nitrogen and oxygen atoms in total. The Bertz CT molecular complexity index is 3790. The molecule has 0 unspecified atom stereocenters. The highest BCUT2D eigenvalue weighted by Gasteiger charge is 2.53. The average molecular weight is 860 g/mol. The van der Waals surface area contributed by atoms with Crippen molar-refractivity contribution >= 4 is 48.6 Å². The highest BCUT2D eigenvalue weighted by Crippen LogP contribution is 2.66. The minimum atomic E-state index is -0.596. The molecule has 2 aliphatic carbocycles. The maximum atomic E-state index is 6.72. The molecule has 0 amide bonds. The van der Waals surface area contributed by atoms with Crippen molar-refractivity contribution in [3.63, 3.8) is 0 Å². The SMILES string of the molecule is c1ccc2c(c1)Oc1ccccc1C21c2ccccc2-c2cc(N(c3ccc4c(c3)sc3ccccc34)c3cccc4c3-c3ccccc3C43c4ccccc4Oc4ccccc43)ccc21. The molecule has 4 heteroatoms. The first-order chi connectivity index (χ1) is 32.7. The number of benzene rings is 10. The number of ether oxygens (including phenoxy) is 2. The fourth-order valence-corrected chi connectivity index (χ4v) is 13.5. The molecule has 308 valence electrons. The van der Waals surface area contributed by atoms with Gasteiger partial charge in [0, 0.05) is 59.4 Å². The molecule has 2 aliphatic heterocycles.